The van der Waals surface area contributed by atoms with Crippen LogP contribution in [0.1, 0.15) is 43.7 Å². The Hall–Kier alpha value is -3.58. The Bertz CT molecular complexity index is 1100. The van der Waals surface area contributed by atoms with Crippen molar-refractivity contribution in [3.05, 3.63) is 71.9 Å². The smallest absolute Gasteiger partial charge is 0.295 e. The largest absolute Gasteiger partial charge is 0.457 e. The van der Waals surface area contributed by atoms with Crippen LogP contribution in [0.3, 0.4) is 0 Å². The minimum atomic E-state index is -0.660. The number of hydrogen-bond acceptors (Lipinski definition) is 6. The fourth-order valence-corrected chi connectivity index (χ4v) is 3.21. The normalized spacial score (nSPS) is 11.0. The van der Waals surface area contributed by atoms with Crippen LogP contribution in [0.5, 0.6) is 11.5 Å². The molecule has 0 aliphatic rings. The van der Waals surface area contributed by atoms with Crippen molar-refractivity contribution in [3.63, 3.8) is 0 Å². The van der Waals surface area contributed by atoms with Crippen molar-refractivity contribution in [2.75, 3.05) is 0 Å². The number of nitrogens with two attached hydrogens (primary N) is 1. The van der Waals surface area contributed by atoms with Crippen LogP contribution < -0.4 is 10.6 Å². The Morgan fingerprint density at radius 2 is 1.62 bits per heavy atom. The molecule has 7 nitrogen and oxygen atoms in total. The number of benzene rings is 2. The molecule has 0 atom stereocenters. The second kappa shape index (κ2) is 10.2. The summed E-state index contributed by atoms with van der Waals surface area (Å²) in [6.45, 7) is 7.45. The Kier molecular flexibility index (Phi) is 7.33. The van der Waals surface area contributed by atoms with Gasteiger partial charge in [0.1, 0.15) is 11.5 Å². The van der Waals surface area contributed by atoms with Crippen LogP contribution in [0, 0.1) is 11.8 Å². The molecule has 0 radical (unpaired) electrons. The van der Waals surface area contributed by atoms with Crippen LogP contribution in [-0.2, 0) is 11.2 Å². The first kappa shape index (κ1) is 23.1. The number of carbonyl (C=O) groups is 2. The maximum atomic E-state index is 12.9. The molecule has 0 saturated carbocycles. The summed E-state index contributed by atoms with van der Waals surface area (Å²) in [5.41, 5.74) is 2.08. The highest BCUT2D eigenvalue weighted by Crippen LogP contribution is 2.33. The summed E-state index contributed by atoms with van der Waals surface area (Å²) in [6.07, 6.45) is 0.578. The van der Waals surface area contributed by atoms with Crippen LogP contribution in [0.15, 0.2) is 60.7 Å². The van der Waals surface area contributed by atoms with Crippen LogP contribution in [0.4, 0.5) is 0 Å². The van der Waals surface area contributed by atoms with Gasteiger partial charge in [0.2, 0.25) is 5.91 Å². The van der Waals surface area contributed by atoms with Crippen molar-refractivity contribution in [3.8, 4) is 22.8 Å². The number of rotatable bonds is 7. The summed E-state index contributed by atoms with van der Waals surface area (Å²) in [5, 5.41) is 9.10. The predicted octanol–water partition coefficient (Wildman–Crippen LogP) is 4.63. The maximum absolute atomic E-state index is 12.9. The number of nitrogens with zero attached hydrogens (tertiary/aromatic N) is 3. The Balaban J connectivity index is 2.01. The number of hydrazine groups is 1. The second-order valence-electron chi connectivity index (χ2n) is 8.28. The summed E-state index contributed by atoms with van der Waals surface area (Å²) >= 11 is 0. The van der Waals surface area contributed by atoms with E-state index in [1.54, 1.807) is 13.8 Å². The molecule has 0 unspecified atom stereocenters. The van der Waals surface area contributed by atoms with Gasteiger partial charge in [-0.15, -0.1) is 10.2 Å². The van der Waals surface area contributed by atoms with Crippen molar-refractivity contribution >= 4 is 11.8 Å². The summed E-state index contributed by atoms with van der Waals surface area (Å²) < 4.78 is 6.05. The van der Waals surface area contributed by atoms with Gasteiger partial charge in [-0.2, -0.15) is 0 Å². The zero-order valence-electron chi connectivity index (χ0n) is 18.8. The van der Waals surface area contributed by atoms with Crippen molar-refractivity contribution in [1.82, 2.24) is 15.2 Å². The molecule has 0 fully saturated rings. The molecule has 0 aliphatic carbocycles. The third kappa shape index (κ3) is 5.36. The average Bonchev–Trinajstić information content (AvgIpc) is 2.78. The quantitative estimate of drug-likeness (QED) is 0.332. The molecule has 2 N–H and O–H groups in total. The highest BCUT2D eigenvalue weighted by atomic mass is 16.5. The molecule has 1 aromatic heterocycles. The van der Waals surface area contributed by atoms with E-state index in [0.29, 0.717) is 34.2 Å². The molecule has 3 aromatic rings. The second-order valence-corrected chi connectivity index (χ2v) is 8.28. The van der Waals surface area contributed by atoms with Gasteiger partial charge >= 0.3 is 0 Å². The number of imide groups is 1. The summed E-state index contributed by atoms with van der Waals surface area (Å²) in [5.74, 6) is 5.83. The lowest BCUT2D eigenvalue weighted by Crippen LogP contribution is -2.45. The summed E-state index contributed by atoms with van der Waals surface area (Å²) in [4.78, 5) is 25.1. The van der Waals surface area contributed by atoms with Gasteiger partial charge < -0.3 is 4.74 Å². The predicted molar refractivity (Wildman–Crippen MR) is 123 cm³/mol. The van der Waals surface area contributed by atoms with Crippen LogP contribution in [0.2, 0.25) is 0 Å². The van der Waals surface area contributed by atoms with Gasteiger partial charge in [-0.25, -0.2) is 10.9 Å². The van der Waals surface area contributed by atoms with Crippen molar-refractivity contribution < 1.29 is 14.3 Å². The van der Waals surface area contributed by atoms with E-state index in [0.717, 1.165) is 5.56 Å². The van der Waals surface area contributed by atoms with E-state index in [-0.39, 0.29) is 11.6 Å². The van der Waals surface area contributed by atoms with Gasteiger partial charge in [0.15, 0.2) is 5.69 Å². The number of ether oxygens (including phenoxy) is 1. The molecule has 0 saturated heterocycles. The molecule has 32 heavy (non-hydrogen) atoms. The number of carbonyl (C=O) groups excluding carboxylic acids is 2. The Morgan fingerprint density at radius 1 is 0.969 bits per heavy atom. The molecule has 0 bridgehead atoms. The third-order valence-corrected chi connectivity index (χ3v) is 4.79. The molecule has 7 heteroatoms. The SMILES string of the molecule is CC(C)Cc1cc(-c2ccccc2Oc2ccccc2)nnc1C(=O)N(N)C(=O)C(C)C. The summed E-state index contributed by atoms with van der Waals surface area (Å²) in [6, 6.07) is 18.8. The molecule has 0 spiro atoms. The highest BCUT2D eigenvalue weighted by molar-refractivity contribution is 6.04. The number of amides is 2. The fourth-order valence-electron chi connectivity index (χ4n) is 3.21. The minimum Gasteiger partial charge on any atom is -0.457 e. The van der Waals surface area contributed by atoms with E-state index >= 15 is 0 Å². The van der Waals surface area contributed by atoms with Crippen molar-refractivity contribution in [1.29, 1.82) is 0 Å². The molecule has 2 aromatic carbocycles. The van der Waals surface area contributed by atoms with E-state index in [2.05, 4.69) is 10.2 Å². The first-order chi connectivity index (χ1) is 15.3. The fraction of sp³-hybridized carbons (Fsp3) is 0.280. The van der Waals surface area contributed by atoms with E-state index in [4.69, 9.17) is 10.6 Å². The molecular weight excluding hydrogens is 404 g/mol. The van der Waals surface area contributed by atoms with Crippen molar-refractivity contribution in [2.45, 2.75) is 34.1 Å². The Labute approximate surface area is 188 Å². The molecule has 0 aliphatic heterocycles. The molecule has 166 valence electrons. The number of aromatic nitrogens is 2. The Morgan fingerprint density at radius 3 is 2.28 bits per heavy atom. The maximum Gasteiger partial charge on any atom is 0.295 e. The van der Waals surface area contributed by atoms with Gasteiger partial charge in [-0.05, 0) is 48.2 Å². The number of hydrogen-bond donors (Lipinski definition) is 1. The van der Waals surface area contributed by atoms with E-state index in [1.807, 2.05) is 74.5 Å². The standard InChI is InChI=1S/C25H28N4O3/c1-16(2)14-18-15-21(27-28-23(18)25(31)29(26)24(30)17(3)4)20-12-8-9-13-22(20)32-19-10-6-5-7-11-19/h5-13,15-17H,14,26H2,1-4H3. The zero-order valence-corrected chi connectivity index (χ0v) is 18.8. The van der Waals surface area contributed by atoms with Gasteiger partial charge in [0, 0.05) is 11.5 Å². The van der Waals surface area contributed by atoms with Crippen LogP contribution in [-0.4, -0.2) is 27.0 Å². The third-order valence-electron chi connectivity index (χ3n) is 4.79. The molecule has 3 rings (SSSR count). The van der Waals surface area contributed by atoms with Crippen molar-refractivity contribution in [2.24, 2.45) is 17.7 Å². The van der Waals surface area contributed by atoms with Gasteiger partial charge in [0.25, 0.3) is 5.91 Å². The lowest BCUT2D eigenvalue weighted by Gasteiger charge is -2.19. The monoisotopic (exact) mass is 432 g/mol. The minimum absolute atomic E-state index is 0.0837. The van der Waals surface area contributed by atoms with Gasteiger partial charge in [-0.1, -0.05) is 58.0 Å². The van der Waals surface area contributed by atoms with E-state index < -0.39 is 17.7 Å². The van der Waals surface area contributed by atoms with Crippen LogP contribution >= 0.6 is 0 Å². The van der Waals surface area contributed by atoms with Gasteiger partial charge in [0.05, 0.1) is 5.69 Å². The van der Waals surface area contributed by atoms with Gasteiger partial charge in [-0.3, -0.25) is 9.59 Å². The summed E-state index contributed by atoms with van der Waals surface area (Å²) in [7, 11) is 0. The number of para-hydroxylation sites is 2. The average molecular weight is 433 g/mol. The molecule has 1 heterocycles. The lowest BCUT2D eigenvalue weighted by atomic mass is 9.99. The first-order valence-electron chi connectivity index (χ1n) is 10.6. The first-order valence-corrected chi connectivity index (χ1v) is 10.6. The molecular formula is C25H28N4O3. The van der Waals surface area contributed by atoms with E-state index in [1.165, 1.54) is 0 Å². The van der Waals surface area contributed by atoms with Crippen LogP contribution in [0.25, 0.3) is 11.3 Å². The van der Waals surface area contributed by atoms with E-state index in [9.17, 15) is 9.59 Å². The topological polar surface area (TPSA) is 98.4 Å². The highest BCUT2D eigenvalue weighted by Gasteiger charge is 2.26. The molecule has 2 amide bonds. The zero-order chi connectivity index (χ0) is 23.3. The lowest BCUT2D eigenvalue weighted by molar-refractivity contribution is -0.132.